The molecule has 1 N–H and O–H groups in total. The Bertz CT molecular complexity index is 504. The van der Waals surface area contributed by atoms with Gasteiger partial charge >= 0.3 is 0 Å². The first-order chi connectivity index (χ1) is 9.93. The first kappa shape index (κ1) is 19.4. The van der Waals surface area contributed by atoms with Crippen molar-refractivity contribution in [2.45, 2.75) is 64.5 Å². The predicted molar refractivity (Wildman–Crippen MR) is 97.1 cm³/mol. The predicted octanol–water partition coefficient (Wildman–Crippen LogP) is 5.38. The highest BCUT2D eigenvalue weighted by molar-refractivity contribution is 7.98. The van der Waals surface area contributed by atoms with Crippen LogP contribution in [0, 0.1) is 0 Å². The minimum absolute atomic E-state index is 0.114. The maximum atomic E-state index is 10.8. The molecule has 0 radical (unpaired) electrons. The minimum atomic E-state index is -0.288. The third-order valence-electron chi connectivity index (χ3n) is 3.50. The lowest BCUT2D eigenvalue weighted by atomic mass is 9.78. The fourth-order valence-corrected chi connectivity index (χ4v) is 3.35. The molecular formula is C18H27ClO2S. The molecule has 0 atom stereocenters. The number of hydrogen-bond donors (Lipinski definition) is 1. The Labute approximate surface area is 143 Å². The molecule has 0 aliphatic heterocycles. The van der Waals surface area contributed by atoms with Gasteiger partial charge in [0, 0.05) is 17.9 Å². The molecule has 0 unspecified atom stereocenters. The van der Waals surface area contributed by atoms with Crippen LogP contribution in [0.1, 0.15) is 64.7 Å². The van der Waals surface area contributed by atoms with Crippen LogP contribution in [0.25, 0.3) is 0 Å². The number of rotatable bonds is 5. The molecule has 22 heavy (non-hydrogen) atoms. The van der Waals surface area contributed by atoms with Crippen LogP contribution in [0.5, 0.6) is 5.75 Å². The monoisotopic (exact) mass is 342 g/mol. The van der Waals surface area contributed by atoms with Gasteiger partial charge in [-0.15, -0.1) is 0 Å². The molecule has 4 heteroatoms. The molecular weight excluding hydrogens is 316 g/mol. The van der Waals surface area contributed by atoms with Gasteiger partial charge in [0.2, 0.25) is 5.24 Å². The molecule has 124 valence electrons. The number of aromatic hydroxyl groups is 1. The standard InChI is InChI=1S/C18H27ClO2S/c1-17(2,3)13-9-12(11-22-8-7-15(19)20)10-14(16(13)21)18(4,5)6/h9-10,21H,7-8,11H2,1-6H3. The summed E-state index contributed by atoms with van der Waals surface area (Å²) in [5.74, 6) is 1.94. The Balaban J connectivity index is 3.10. The van der Waals surface area contributed by atoms with E-state index in [-0.39, 0.29) is 16.1 Å². The molecule has 0 saturated carbocycles. The zero-order valence-electron chi connectivity index (χ0n) is 14.4. The maximum absolute atomic E-state index is 10.8. The van der Waals surface area contributed by atoms with Crippen molar-refractivity contribution < 1.29 is 9.90 Å². The van der Waals surface area contributed by atoms with Gasteiger partial charge in [0.1, 0.15) is 5.75 Å². The van der Waals surface area contributed by atoms with E-state index < -0.39 is 0 Å². The number of phenolic OH excluding ortho intramolecular Hbond substituents is 1. The van der Waals surface area contributed by atoms with Crippen molar-refractivity contribution in [1.29, 1.82) is 0 Å². The molecule has 1 aromatic rings. The van der Waals surface area contributed by atoms with E-state index in [1.54, 1.807) is 11.8 Å². The van der Waals surface area contributed by atoms with E-state index in [0.717, 1.165) is 22.6 Å². The number of halogens is 1. The molecule has 0 bridgehead atoms. The molecule has 0 saturated heterocycles. The van der Waals surface area contributed by atoms with Crippen molar-refractivity contribution in [1.82, 2.24) is 0 Å². The van der Waals surface area contributed by atoms with E-state index in [9.17, 15) is 9.90 Å². The van der Waals surface area contributed by atoms with E-state index in [2.05, 4.69) is 53.7 Å². The van der Waals surface area contributed by atoms with Gasteiger partial charge in [0.05, 0.1) is 0 Å². The van der Waals surface area contributed by atoms with E-state index in [1.165, 1.54) is 5.56 Å². The van der Waals surface area contributed by atoms with E-state index in [1.807, 2.05) is 0 Å². The first-order valence-electron chi connectivity index (χ1n) is 7.56. The molecule has 1 aromatic carbocycles. The van der Waals surface area contributed by atoms with Gasteiger partial charge in [-0.1, -0.05) is 53.7 Å². The second-order valence-corrected chi connectivity index (χ2v) is 9.22. The Kier molecular flexibility index (Phi) is 6.40. The maximum Gasteiger partial charge on any atom is 0.222 e. The fraction of sp³-hybridized carbons (Fsp3) is 0.611. The van der Waals surface area contributed by atoms with Gasteiger partial charge in [-0.05, 0) is 39.1 Å². The van der Waals surface area contributed by atoms with Crippen molar-refractivity contribution in [3.05, 3.63) is 28.8 Å². The van der Waals surface area contributed by atoms with E-state index >= 15 is 0 Å². The summed E-state index contributed by atoms with van der Waals surface area (Å²) in [5.41, 5.74) is 2.90. The van der Waals surface area contributed by atoms with Gasteiger partial charge in [-0.2, -0.15) is 11.8 Å². The highest BCUT2D eigenvalue weighted by Gasteiger charge is 2.26. The summed E-state index contributed by atoms with van der Waals surface area (Å²) in [7, 11) is 0. The van der Waals surface area contributed by atoms with Gasteiger partial charge in [-0.25, -0.2) is 0 Å². The summed E-state index contributed by atoms with van der Waals surface area (Å²) >= 11 is 7.06. The van der Waals surface area contributed by atoms with E-state index in [0.29, 0.717) is 12.2 Å². The topological polar surface area (TPSA) is 37.3 Å². The lowest BCUT2D eigenvalue weighted by Gasteiger charge is -2.28. The normalized spacial score (nSPS) is 12.5. The Morgan fingerprint density at radius 1 is 1.09 bits per heavy atom. The van der Waals surface area contributed by atoms with Crippen LogP contribution in [0.3, 0.4) is 0 Å². The highest BCUT2D eigenvalue weighted by Crippen LogP contribution is 2.40. The number of benzene rings is 1. The first-order valence-corrected chi connectivity index (χ1v) is 9.09. The Morgan fingerprint density at radius 2 is 1.55 bits per heavy atom. The van der Waals surface area contributed by atoms with Crippen LogP contribution in [0.2, 0.25) is 0 Å². The number of phenols is 1. The Morgan fingerprint density at radius 3 is 1.91 bits per heavy atom. The number of carbonyl (C=O) groups excluding carboxylic acids is 1. The number of hydrogen-bond acceptors (Lipinski definition) is 3. The van der Waals surface area contributed by atoms with Crippen LogP contribution >= 0.6 is 23.4 Å². The van der Waals surface area contributed by atoms with E-state index in [4.69, 9.17) is 11.6 Å². The van der Waals surface area contributed by atoms with Gasteiger partial charge in [0.25, 0.3) is 0 Å². The second-order valence-electron chi connectivity index (χ2n) is 7.70. The van der Waals surface area contributed by atoms with Gasteiger partial charge < -0.3 is 5.11 Å². The lowest BCUT2D eigenvalue weighted by Crippen LogP contribution is -2.17. The third-order valence-corrected chi connectivity index (χ3v) is 4.72. The molecule has 0 spiro atoms. The van der Waals surface area contributed by atoms with Crippen molar-refractivity contribution in [2.24, 2.45) is 0 Å². The number of thioether (sulfide) groups is 1. The average Bonchev–Trinajstić information content (AvgIpc) is 2.33. The molecule has 1 rings (SSSR count). The summed E-state index contributed by atoms with van der Waals surface area (Å²) in [5, 5.41) is 10.4. The van der Waals surface area contributed by atoms with Crippen LogP contribution in [-0.2, 0) is 21.4 Å². The van der Waals surface area contributed by atoms with Gasteiger partial charge in [-0.3, -0.25) is 4.79 Å². The summed E-state index contributed by atoms with van der Waals surface area (Å²) in [6.45, 7) is 12.7. The highest BCUT2D eigenvalue weighted by atomic mass is 35.5. The molecule has 0 aliphatic carbocycles. The molecule has 0 amide bonds. The van der Waals surface area contributed by atoms with Crippen LogP contribution in [-0.4, -0.2) is 16.1 Å². The largest absolute Gasteiger partial charge is 0.507 e. The molecule has 2 nitrogen and oxygen atoms in total. The lowest BCUT2D eigenvalue weighted by molar-refractivity contribution is -0.111. The van der Waals surface area contributed by atoms with Crippen molar-refractivity contribution in [3.63, 3.8) is 0 Å². The van der Waals surface area contributed by atoms with Crippen molar-refractivity contribution >= 4 is 28.6 Å². The SMILES string of the molecule is CC(C)(C)c1cc(CSCCC(=O)Cl)cc(C(C)(C)C)c1O. The minimum Gasteiger partial charge on any atom is -0.507 e. The summed E-state index contributed by atoms with van der Waals surface area (Å²) in [6.07, 6.45) is 0.391. The Hall–Kier alpha value is -0.670. The fourth-order valence-electron chi connectivity index (χ4n) is 2.26. The summed E-state index contributed by atoms with van der Waals surface area (Å²) in [4.78, 5) is 10.8. The second kappa shape index (κ2) is 7.27. The molecule has 0 aromatic heterocycles. The smallest absolute Gasteiger partial charge is 0.222 e. The molecule has 0 heterocycles. The van der Waals surface area contributed by atoms with Crippen LogP contribution < -0.4 is 0 Å². The molecule has 0 fully saturated rings. The third kappa shape index (κ3) is 5.51. The zero-order valence-corrected chi connectivity index (χ0v) is 16.0. The quantitative estimate of drug-likeness (QED) is 0.577. The van der Waals surface area contributed by atoms with Crippen molar-refractivity contribution in [2.75, 3.05) is 5.75 Å². The average molecular weight is 343 g/mol. The zero-order chi connectivity index (χ0) is 17.1. The molecule has 0 aliphatic rings. The van der Waals surface area contributed by atoms with Crippen LogP contribution in [0.4, 0.5) is 0 Å². The summed E-state index contributed by atoms with van der Waals surface area (Å²) in [6, 6.07) is 4.17. The summed E-state index contributed by atoms with van der Waals surface area (Å²) < 4.78 is 0. The van der Waals surface area contributed by atoms with Gasteiger partial charge in [0.15, 0.2) is 0 Å². The van der Waals surface area contributed by atoms with Crippen LogP contribution in [0.15, 0.2) is 12.1 Å². The number of carbonyl (C=O) groups is 1. The van der Waals surface area contributed by atoms with Crippen molar-refractivity contribution in [3.8, 4) is 5.75 Å².